The van der Waals surface area contributed by atoms with Gasteiger partial charge in [-0.05, 0) is 0 Å². The minimum Gasteiger partial charge on any atom is -0.313 e. The lowest BCUT2D eigenvalue weighted by atomic mass is 10.2. The van der Waals surface area contributed by atoms with Crippen LogP contribution in [-0.4, -0.2) is 56.2 Å². The van der Waals surface area contributed by atoms with Crippen LogP contribution in [-0.2, 0) is 4.79 Å². The van der Waals surface area contributed by atoms with Crippen LogP contribution in [0.2, 0.25) is 0 Å². The molecule has 2 saturated heterocycles. The fourth-order valence-corrected chi connectivity index (χ4v) is 1.96. The number of hydrogen-bond donors (Lipinski definition) is 3. The van der Waals surface area contributed by atoms with Crippen molar-refractivity contribution in [2.45, 2.75) is 12.2 Å². The number of rotatable bonds is 2. The number of aldehydes is 1. The van der Waals surface area contributed by atoms with Gasteiger partial charge in [0.1, 0.15) is 6.29 Å². The van der Waals surface area contributed by atoms with Crippen LogP contribution >= 0.6 is 0 Å². The van der Waals surface area contributed by atoms with E-state index in [0.717, 1.165) is 39.1 Å². The molecule has 0 aliphatic carbocycles. The second kappa shape index (κ2) is 4.15. The molecule has 0 saturated carbocycles. The minimum absolute atomic E-state index is 0.0335. The van der Waals surface area contributed by atoms with Gasteiger partial charge in [0.15, 0.2) is 0 Å². The topological polar surface area (TPSA) is 56.4 Å². The molecule has 2 unspecified atom stereocenters. The van der Waals surface area contributed by atoms with Crippen molar-refractivity contribution in [1.29, 1.82) is 0 Å². The van der Waals surface area contributed by atoms with Gasteiger partial charge in [0.2, 0.25) is 0 Å². The number of nitrogens with zero attached hydrogens (tertiary/aromatic N) is 1. The molecule has 0 bridgehead atoms. The van der Waals surface area contributed by atoms with E-state index in [1.165, 1.54) is 0 Å². The number of carbonyl (C=O) groups excluding carboxylic acids is 1. The molecule has 0 aromatic rings. The second-order valence-corrected chi connectivity index (χ2v) is 3.50. The Morgan fingerprint density at radius 1 is 1.31 bits per heavy atom. The van der Waals surface area contributed by atoms with Crippen LogP contribution in [0.3, 0.4) is 0 Å². The lowest BCUT2D eigenvalue weighted by molar-refractivity contribution is -0.114. The highest BCUT2D eigenvalue weighted by Gasteiger charge is 2.29. The van der Waals surface area contributed by atoms with Gasteiger partial charge in [0, 0.05) is 32.8 Å². The summed E-state index contributed by atoms with van der Waals surface area (Å²) >= 11 is 0. The Labute approximate surface area is 77.9 Å². The van der Waals surface area contributed by atoms with Crippen LogP contribution in [0.25, 0.3) is 0 Å². The molecule has 0 spiro atoms. The van der Waals surface area contributed by atoms with E-state index in [2.05, 4.69) is 20.9 Å². The van der Waals surface area contributed by atoms with Gasteiger partial charge in [-0.2, -0.15) is 0 Å². The number of nitrogens with one attached hydrogen (secondary N) is 3. The van der Waals surface area contributed by atoms with Crippen LogP contribution in [0.4, 0.5) is 0 Å². The predicted molar refractivity (Wildman–Crippen MR) is 49.2 cm³/mol. The first-order valence-electron chi connectivity index (χ1n) is 4.77. The standard InChI is InChI=1S/C8H16N4O/c13-5-7-3-9-1-2-12(7)8-4-10-6-11-8/h5,7-11H,1-4,6H2. The van der Waals surface area contributed by atoms with E-state index < -0.39 is 0 Å². The van der Waals surface area contributed by atoms with Crippen LogP contribution in [0.15, 0.2) is 0 Å². The second-order valence-electron chi connectivity index (χ2n) is 3.50. The van der Waals surface area contributed by atoms with Crippen molar-refractivity contribution in [3.05, 3.63) is 0 Å². The molecule has 2 fully saturated rings. The highest BCUT2D eigenvalue weighted by atomic mass is 16.1. The summed E-state index contributed by atoms with van der Waals surface area (Å²) in [6.07, 6.45) is 1.36. The third kappa shape index (κ3) is 1.88. The Morgan fingerprint density at radius 2 is 2.23 bits per heavy atom. The highest BCUT2D eigenvalue weighted by molar-refractivity contribution is 5.58. The Bertz CT molecular complexity index is 181. The molecule has 74 valence electrons. The zero-order valence-corrected chi connectivity index (χ0v) is 7.62. The molecule has 2 aliphatic rings. The van der Waals surface area contributed by atoms with Crippen molar-refractivity contribution in [2.24, 2.45) is 0 Å². The first-order chi connectivity index (χ1) is 6.42. The number of carbonyl (C=O) groups is 1. The summed E-state index contributed by atoms with van der Waals surface area (Å²) in [5.41, 5.74) is 0. The lowest BCUT2D eigenvalue weighted by Crippen LogP contribution is -2.59. The first kappa shape index (κ1) is 9.08. The van der Waals surface area contributed by atoms with E-state index in [9.17, 15) is 4.79 Å². The smallest absolute Gasteiger partial charge is 0.138 e. The molecule has 0 amide bonds. The van der Waals surface area contributed by atoms with Crippen LogP contribution in [0, 0.1) is 0 Å². The zero-order valence-electron chi connectivity index (χ0n) is 7.62. The van der Waals surface area contributed by atoms with Gasteiger partial charge in [-0.3, -0.25) is 10.2 Å². The summed E-state index contributed by atoms with van der Waals surface area (Å²) in [5, 5.41) is 9.76. The first-order valence-corrected chi connectivity index (χ1v) is 4.77. The monoisotopic (exact) mass is 184 g/mol. The lowest BCUT2D eigenvalue weighted by Gasteiger charge is -2.36. The van der Waals surface area contributed by atoms with Crippen molar-refractivity contribution >= 4 is 6.29 Å². The fourth-order valence-electron chi connectivity index (χ4n) is 1.96. The summed E-state index contributed by atoms with van der Waals surface area (Å²) in [7, 11) is 0. The van der Waals surface area contributed by atoms with E-state index in [-0.39, 0.29) is 6.04 Å². The average Bonchev–Trinajstić information content (AvgIpc) is 2.70. The normalized spacial score (nSPS) is 36.3. The average molecular weight is 184 g/mol. The third-order valence-corrected chi connectivity index (χ3v) is 2.68. The number of hydrogen-bond acceptors (Lipinski definition) is 5. The Balaban J connectivity index is 1.96. The van der Waals surface area contributed by atoms with Crippen molar-refractivity contribution in [3.8, 4) is 0 Å². The van der Waals surface area contributed by atoms with E-state index in [0.29, 0.717) is 6.17 Å². The maximum absolute atomic E-state index is 10.8. The van der Waals surface area contributed by atoms with E-state index in [1.807, 2.05) is 0 Å². The van der Waals surface area contributed by atoms with Gasteiger partial charge in [-0.1, -0.05) is 0 Å². The van der Waals surface area contributed by atoms with E-state index >= 15 is 0 Å². The summed E-state index contributed by atoms with van der Waals surface area (Å²) in [6.45, 7) is 4.48. The molecule has 2 aliphatic heterocycles. The molecule has 3 N–H and O–H groups in total. The Hall–Kier alpha value is -0.490. The molecule has 0 radical (unpaired) electrons. The van der Waals surface area contributed by atoms with Crippen LogP contribution in [0.1, 0.15) is 0 Å². The molecule has 2 atom stereocenters. The molecule has 13 heavy (non-hydrogen) atoms. The molecule has 0 aromatic carbocycles. The zero-order chi connectivity index (χ0) is 9.10. The van der Waals surface area contributed by atoms with Crippen LogP contribution < -0.4 is 16.0 Å². The molecule has 2 rings (SSSR count). The molecular formula is C8H16N4O. The summed E-state index contributed by atoms with van der Waals surface area (Å²) in [5.74, 6) is 0. The molecule has 5 heteroatoms. The SMILES string of the molecule is O=CC1CNCCN1C1CNCN1. The molecular weight excluding hydrogens is 168 g/mol. The third-order valence-electron chi connectivity index (χ3n) is 2.68. The van der Waals surface area contributed by atoms with Crippen molar-refractivity contribution < 1.29 is 4.79 Å². The van der Waals surface area contributed by atoms with Crippen molar-refractivity contribution in [1.82, 2.24) is 20.9 Å². The Morgan fingerprint density at radius 3 is 2.92 bits per heavy atom. The predicted octanol–water partition coefficient (Wildman–Crippen LogP) is -2.06. The minimum atomic E-state index is 0.0335. The van der Waals surface area contributed by atoms with Gasteiger partial charge >= 0.3 is 0 Å². The summed E-state index contributed by atoms with van der Waals surface area (Å²) < 4.78 is 0. The van der Waals surface area contributed by atoms with Gasteiger partial charge in [-0.15, -0.1) is 0 Å². The quantitative estimate of drug-likeness (QED) is 0.431. The van der Waals surface area contributed by atoms with Crippen molar-refractivity contribution in [3.63, 3.8) is 0 Å². The molecule has 0 aromatic heterocycles. The van der Waals surface area contributed by atoms with Gasteiger partial charge in [0.25, 0.3) is 0 Å². The van der Waals surface area contributed by atoms with Gasteiger partial charge in [-0.25, -0.2) is 0 Å². The van der Waals surface area contributed by atoms with Crippen molar-refractivity contribution in [2.75, 3.05) is 32.8 Å². The van der Waals surface area contributed by atoms with E-state index in [4.69, 9.17) is 0 Å². The summed E-state index contributed by atoms with van der Waals surface area (Å²) in [4.78, 5) is 13.0. The fraction of sp³-hybridized carbons (Fsp3) is 0.875. The maximum atomic E-state index is 10.8. The number of piperazine rings is 1. The molecule has 2 heterocycles. The largest absolute Gasteiger partial charge is 0.313 e. The summed E-state index contributed by atoms with van der Waals surface area (Å²) in [6, 6.07) is 0.0335. The van der Waals surface area contributed by atoms with Gasteiger partial charge < -0.3 is 15.4 Å². The van der Waals surface area contributed by atoms with Gasteiger partial charge in [0.05, 0.1) is 12.2 Å². The Kier molecular flexibility index (Phi) is 2.90. The van der Waals surface area contributed by atoms with E-state index in [1.54, 1.807) is 0 Å². The highest BCUT2D eigenvalue weighted by Crippen LogP contribution is 2.06. The molecule has 5 nitrogen and oxygen atoms in total. The maximum Gasteiger partial charge on any atom is 0.138 e. The van der Waals surface area contributed by atoms with Crippen LogP contribution in [0.5, 0.6) is 0 Å².